The van der Waals surface area contributed by atoms with Gasteiger partial charge < -0.3 is 0 Å². The third kappa shape index (κ3) is 2.87. The van der Waals surface area contributed by atoms with Gasteiger partial charge in [-0.1, -0.05) is 72.8 Å². The largest absolute Gasteiger partial charge is 0.248 e. The summed E-state index contributed by atoms with van der Waals surface area (Å²) in [4.78, 5) is 0. The van der Waals surface area contributed by atoms with Crippen LogP contribution in [0.2, 0.25) is 0 Å². The van der Waals surface area contributed by atoms with Crippen molar-refractivity contribution in [3.63, 3.8) is 0 Å². The van der Waals surface area contributed by atoms with E-state index in [-0.39, 0.29) is 0 Å². The SMILES string of the molecule is Cc1cc(C)c([Si](Cl)(c2ccccc2)c2ccccc2)cc1C. The van der Waals surface area contributed by atoms with Gasteiger partial charge in [0.2, 0.25) is 7.38 Å². The summed E-state index contributed by atoms with van der Waals surface area (Å²) < 4.78 is 0. The summed E-state index contributed by atoms with van der Waals surface area (Å²) in [6, 6.07) is 25.7. The summed E-state index contributed by atoms with van der Waals surface area (Å²) in [5, 5.41) is 3.76. The molecule has 0 aliphatic heterocycles. The van der Waals surface area contributed by atoms with Gasteiger partial charge in [-0.15, -0.1) is 11.1 Å². The maximum absolute atomic E-state index is 7.48. The van der Waals surface area contributed by atoms with Crippen LogP contribution in [-0.2, 0) is 0 Å². The Kier molecular flexibility index (Phi) is 4.43. The van der Waals surface area contributed by atoms with Crippen molar-refractivity contribution in [2.75, 3.05) is 0 Å². The second-order valence-corrected chi connectivity index (χ2v) is 10.9. The minimum Gasteiger partial charge on any atom is -0.149 e. The lowest BCUT2D eigenvalue weighted by molar-refractivity contribution is 1.32. The van der Waals surface area contributed by atoms with Crippen LogP contribution in [-0.4, -0.2) is 7.38 Å². The first-order valence-electron chi connectivity index (χ1n) is 7.92. The van der Waals surface area contributed by atoms with E-state index in [1.165, 1.54) is 32.3 Å². The van der Waals surface area contributed by atoms with Gasteiger partial charge in [0, 0.05) is 0 Å². The lowest BCUT2D eigenvalue weighted by Gasteiger charge is -2.28. The van der Waals surface area contributed by atoms with Crippen molar-refractivity contribution in [2.45, 2.75) is 20.8 Å². The summed E-state index contributed by atoms with van der Waals surface area (Å²) >= 11 is 7.48. The van der Waals surface area contributed by atoms with E-state index in [2.05, 4.69) is 81.4 Å². The third-order valence-corrected chi connectivity index (χ3v) is 10.0. The average Bonchev–Trinajstić information content (AvgIpc) is 2.59. The van der Waals surface area contributed by atoms with Crippen molar-refractivity contribution in [3.8, 4) is 0 Å². The molecule has 116 valence electrons. The van der Waals surface area contributed by atoms with E-state index in [0.717, 1.165) is 0 Å². The molecular weight excluding hydrogens is 316 g/mol. The van der Waals surface area contributed by atoms with Gasteiger partial charge in [0.05, 0.1) is 0 Å². The zero-order valence-electron chi connectivity index (χ0n) is 13.8. The Hall–Kier alpha value is -1.83. The molecule has 0 bridgehead atoms. The van der Waals surface area contributed by atoms with Gasteiger partial charge in [-0.25, -0.2) is 0 Å². The van der Waals surface area contributed by atoms with E-state index in [1.54, 1.807) is 0 Å². The summed E-state index contributed by atoms with van der Waals surface area (Å²) in [7, 11) is -2.50. The zero-order valence-corrected chi connectivity index (χ0v) is 15.6. The summed E-state index contributed by atoms with van der Waals surface area (Å²) in [5.41, 5.74) is 3.90. The van der Waals surface area contributed by atoms with Crippen LogP contribution in [0.4, 0.5) is 0 Å². The maximum Gasteiger partial charge on any atom is 0.248 e. The molecule has 0 atom stereocenters. The molecule has 0 aliphatic carbocycles. The van der Waals surface area contributed by atoms with Gasteiger partial charge in [-0.05, 0) is 53.0 Å². The van der Waals surface area contributed by atoms with Crippen molar-refractivity contribution in [3.05, 3.63) is 89.5 Å². The van der Waals surface area contributed by atoms with Gasteiger partial charge in [-0.2, -0.15) is 0 Å². The van der Waals surface area contributed by atoms with Crippen molar-refractivity contribution in [1.29, 1.82) is 0 Å². The van der Waals surface area contributed by atoms with Crippen LogP contribution in [0.5, 0.6) is 0 Å². The van der Waals surface area contributed by atoms with Crippen LogP contribution < -0.4 is 15.6 Å². The van der Waals surface area contributed by atoms with Gasteiger partial charge in [0.1, 0.15) is 0 Å². The Labute approximate surface area is 144 Å². The fourth-order valence-corrected chi connectivity index (χ4v) is 7.80. The molecule has 3 aromatic carbocycles. The Morgan fingerprint density at radius 3 is 1.52 bits per heavy atom. The highest BCUT2D eigenvalue weighted by atomic mass is 35.6. The second-order valence-electron chi connectivity index (χ2n) is 6.14. The van der Waals surface area contributed by atoms with Gasteiger partial charge in [0.15, 0.2) is 0 Å². The topological polar surface area (TPSA) is 0 Å². The maximum atomic E-state index is 7.48. The van der Waals surface area contributed by atoms with E-state index in [0.29, 0.717) is 0 Å². The number of benzene rings is 3. The predicted octanol–water partition coefficient (Wildman–Crippen LogP) is 3.82. The molecule has 0 radical (unpaired) electrons. The minimum atomic E-state index is -2.50. The number of hydrogen-bond acceptors (Lipinski definition) is 0. The summed E-state index contributed by atoms with van der Waals surface area (Å²) in [6.07, 6.45) is 0. The van der Waals surface area contributed by atoms with Crippen LogP contribution in [0.1, 0.15) is 16.7 Å². The number of hydrogen-bond donors (Lipinski definition) is 0. The highest BCUT2D eigenvalue weighted by Crippen LogP contribution is 2.17. The molecule has 0 aromatic heterocycles. The summed E-state index contributed by atoms with van der Waals surface area (Å²) in [5.74, 6) is 0. The lowest BCUT2D eigenvalue weighted by Crippen LogP contribution is -2.63. The van der Waals surface area contributed by atoms with Crippen LogP contribution in [0, 0.1) is 20.8 Å². The van der Waals surface area contributed by atoms with E-state index >= 15 is 0 Å². The van der Waals surface area contributed by atoms with Crippen LogP contribution in [0.25, 0.3) is 0 Å². The number of rotatable bonds is 3. The monoisotopic (exact) mass is 336 g/mol. The first-order chi connectivity index (χ1) is 11.0. The summed E-state index contributed by atoms with van der Waals surface area (Å²) in [6.45, 7) is 6.51. The van der Waals surface area contributed by atoms with Crippen molar-refractivity contribution >= 4 is 34.0 Å². The molecular formula is C21H21ClSi. The minimum absolute atomic E-state index is 1.24. The molecule has 0 heterocycles. The molecule has 0 fully saturated rings. The molecule has 3 aromatic rings. The Bertz CT molecular complexity index is 771. The first-order valence-corrected chi connectivity index (χ1v) is 10.9. The van der Waals surface area contributed by atoms with Crippen LogP contribution in [0.15, 0.2) is 72.8 Å². The van der Waals surface area contributed by atoms with Crippen molar-refractivity contribution in [1.82, 2.24) is 0 Å². The average molecular weight is 337 g/mol. The number of halogens is 1. The molecule has 0 spiro atoms. The highest BCUT2D eigenvalue weighted by Gasteiger charge is 2.39. The molecule has 0 N–H and O–H groups in total. The molecule has 23 heavy (non-hydrogen) atoms. The molecule has 0 saturated heterocycles. The molecule has 2 heteroatoms. The Balaban J connectivity index is 2.32. The van der Waals surface area contributed by atoms with E-state index in [1.807, 2.05) is 12.1 Å². The van der Waals surface area contributed by atoms with Crippen LogP contribution >= 0.6 is 11.1 Å². The molecule has 0 nitrogen and oxygen atoms in total. The fraction of sp³-hybridized carbons (Fsp3) is 0.143. The second kappa shape index (κ2) is 6.35. The predicted molar refractivity (Wildman–Crippen MR) is 104 cm³/mol. The molecule has 0 saturated carbocycles. The van der Waals surface area contributed by atoms with E-state index < -0.39 is 7.38 Å². The third-order valence-electron chi connectivity index (χ3n) is 4.55. The normalized spacial score (nSPS) is 11.5. The molecule has 0 amide bonds. The fourth-order valence-electron chi connectivity index (χ4n) is 3.14. The van der Waals surface area contributed by atoms with Crippen LogP contribution in [0.3, 0.4) is 0 Å². The van der Waals surface area contributed by atoms with Crippen molar-refractivity contribution in [2.24, 2.45) is 0 Å². The van der Waals surface area contributed by atoms with Gasteiger partial charge in [-0.3, -0.25) is 0 Å². The highest BCUT2D eigenvalue weighted by molar-refractivity contribution is 7.40. The Morgan fingerprint density at radius 1 is 0.609 bits per heavy atom. The van der Waals surface area contributed by atoms with E-state index in [4.69, 9.17) is 11.1 Å². The Morgan fingerprint density at radius 2 is 1.04 bits per heavy atom. The van der Waals surface area contributed by atoms with Gasteiger partial charge >= 0.3 is 0 Å². The molecule has 0 aliphatic rings. The number of aryl methyl sites for hydroxylation is 3. The molecule has 0 unspecified atom stereocenters. The standard InChI is InChI=1S/C21H21ClSi/c1-16-14-18(3)21(15-17(16)2)23(22,19-10-6-4-7-11-19)20-12-8-5-9-13-20/h4-15H,1-3H3. The first kappa shape index (κ1) is 16.0. The van der Waals surface area contributed by atoms with E-state index in [9.17, 15) is 0 Å². The smallest absolute Gasteiger partial charge is 0.149 e. The van der Waals surface area contributed by atoms with Crippen molar-refractivity contribution < 1.29 is 0 Å². The van der Waals surface area contributed by atoms with Gasteiger partial charge in [0.25, 0.3) is 0 Å². The lowest BCUT2D eigenvalue weighted by atomic mass is 10.1. The zero-order chi connectivity index (χ0) is 16.4. The molecule has 3 rings (SSSR count). The quantitative estimate of drug-likeness (QED) is 0.387.